The number of hydrogen-bond acceptors (Lipinski definition) is 0. The second-order valence-corrected chi connectivity index (χ2v) is 3.62. The van der Waals surface area contributed by atoms with Crippen molar-refractivity contribution in [2.75, 3.05) is 0 Å². The molecule has 0 heterocycles. The summed E-state index contributed by atoms with van der Waals surface area (Å²) in [7, 11) is 0. The first-order chi connectivity index (χ1) is 4.45. The second kappa shape index (κ2) is 3.20. The Morgan fingerprint density at radius 1 is 1.09 bits per heavy atom. The van der Waals surface area contributed by atoms with Gasteiger partial charge in [0, 0.05) is 0 Å². The summed E-state index contributed by atoms with van der Waals surface area (Å²) in [5.41, 5.74) is 4.39. The monoisotopic (exact) mass is 186 g/mol. The van der Waals surface area contributed by atoms with Crippen LogP contribution < -0.4 is 0 Å². The van der Waals surface area contributed by atoms with Gasteiger partial charge >= 0.3 is 18.6 Å². The van der Waals surface area contributed by atoms with Gasteiger partial charge in [0.1, 0.15) is 0 Å². The molecule has 0 bridgehead atoms. The Morgan fingerprint density at radius 3 is 1.64 bits per heavy atom. The molecule has 0 unspecified atom stereocenters. The molecule has 1 radical (unpaired) electrons. The average molecular weight is 186 g/mol. The third-order valence-corrected chi connectivity index (χ3v) is 2.56. The van der Waals surface area contributed by atoms with Crippen molar-refractivity contribution >= 4 is 0 Å². The fourth-order valence-electron chi connectivity index (χ4n) is 1.41. The van der Waals surface area contributed by atoms with Crippen molar-refractivity contribution in [3.8, 4) is 0 Å². The summed E-state index contributed by atoms with van der Waals surface area (Å²) in [5.74, 6) is 0. The minimum atomic E-state index is 0. The van der Waals surface area contributed by atoms with Gasteiger partial charge in [-0.15, -0.1) is 6.92 Å². The van der Waals surface area contributed by atoms with Crippen LogP contribution in [0.15, 0.2) is 16.7 Å². The van der Waals surface area contributed by atoms with Crippen LogP contribution in [0.3, 0.4) is 0 Å². The van der Waals surface area contributed by atoms with Gasteiger partial charge in [0.15, 0.2) is 0 Å². The van der Waals surface area contributed by atoms with E-state index in [0.29, 0.717) is 0 Å². The van der Waals surface area contributed by atoms with Gasteiger partial charge in [-0.2, -0.15) is 11.1 Å². The zero-order chi connectivity index (χ0) is 7.94. The molecule has 0 atom stereocenters. The van der Waals surface area contributed by atoms with Crippen LogP contribution in [0.2, 0.25) is 0 Å². The fraction of sp³-hybridized carbons (Fsp3) is 0.600. The van der Waals surface area contributed by atoms with Crippen molar-refractivity contribution in [1.29, 1.82) is 0 Å². The molecule has 0 aliphatic heterocycles. The van der Waals surface area contributed by atoms with Crippen molar-refractivity contribution in [1.82, 2.24) is 0 Å². The fourth-order valence-corrected chi connectivity index (χ4v) is 1.41. The van der Waals surface area contributed by atoms with Gasteiger partial charge in [-0.3, -0.25) is 6.08 Å². The van der Waals surface area contributed by atoms with Gasteiger partial charge in [0.2, 0.25) is 0 Å². The van der Waals surface area contributed by atoms with E-state index in [0.717, 1.165) is 0 Å². The Bertz CT molecular complexity index is 219. The SMILES string of the molecule is CC1=[C-]C(C)(C)C(C)=C1C.[V+2]. The Balaban J connectivity index is 0.000001000. The van der Waals surface area contributed by atoms with Crippen molar-refractivity contribution in [3.63, 3.8) is 0 Å². The van der Waals surface area contributed by atoms with Crippen LogP contribution in [-0.4, -0.2) is 0 Å². The minimum Gasteiger partial charge on any atom is -0.263 e. The molecule has 0 amide bonds. The summed E-state index contributed by atoms with van der Waals surface area (Å²) < 4.78 is 0. The summed E-state index contributed by atoms with van der Waals surface area (Å²) in [6.07, 6.45) is 3.44. The van der Waals surface area contributed by atoms with E-state index in [4.69, 9.17) is 0 Å². The molecular formula is C10H15V+. The standard InChI is InChI=1S/C10H15.V/c1-7-6-10(4,5)9(3)8(7)2;/h1-5H3;/q-1;+2. The molecule has 0 aromatic carbocycles. The Kier molecular flexibility index (Phi) is 3.22. The van der Waals surface area contributed by atoms with Crippen molar-refractivity contribution in [2.45, 2.75) is 34.6 Å². The van der Waals surface area contributed by atoms with E-state index in [9.17, 15) is 0 Å². The van der Waals surface area contributed by atoms with E-state index in [-0.39, 0.29) is 24.0 Å². The maximum Gasteiger partial charge on any atom is 2.00 e. The molecule has 0 spiro atoms. The molecule has 1 rings (SSSR count). The van der Waals surface area contributed by atoms with E-state index >= 15 is 0 Å². The van der Waals surface area contributed by atoms with E-state index < -0.39 is 0 Å². The van der Waals surface area contributed by atoms with Crippen molar-refractivity contribution in [2.24, 2.45) is 5.41 Å². The van der Waals surface area contributed by atoms with E-state index in [1.54, 1.807) is 0 Å². The van der Waals surface area contributed by atoms with Crippen molar-refractivity contribution < 1.29 is 18.6 Å². The Hall–Kier alpha value is 0.0644. The molecule has 59 valence electrons. The first-order valence-corrected chi connectivity index (χ1v) is 3.75. The maximum absolute atomic E-state index is 3.44. The van der Waals surface area contributed by atoms with Crippen molar-refractivity contribution in [3.05, 3.63) is 22.8 Å². The average Bonchev–Trinajstić information content (AvgIpc) is 1.95. The minimum absolute atomic E-state index is 0. The van der Waals surface area contributed by atoms with Gasteiger partial charge < -0.3 is 0 Å². The van der Waals surface area contributed by atoms with Crippen LogP contribution in [0.4, 0.5) is 0 Å². The molecule has 0 aromatic heterocycles. The van der Waals surface area contributed by atoms with Crippen LogP contribution in [0.25, 0.3) is 0 Å². The largest absolute Gasteiger partial charge is 2.00 e. The van der Waals surface area contributed by atoms with Gasteiger partial charge in [-0.1, -0.05) is 33.1 Å². The predicted octanol–water partition coefficient (Wildman–Crippen LogP) is 3.11. The maximum atomic E-state index is 3.44. The topological polar surface area (TPSA) is 0 Å². The third kappa shape index (κ3) is 1.80. The molecule has 1 heteroatoms. The molecule has 1 aliphatic rings. The zero-order valence-electron chi connectivity index (χ0n) is 7.95. The van der Waals surface area contributed by atoms with Gasteiger partial charge in [0.05, 0.1) is 0 Å². The summed E-state index contributed by atoms with van der Waals surface area (Å²) in [6.45, 7) is 10.9. The molecular weight excluding hydrogens is 171 g/mol. The molecule has 0 N–H and O–H groups in total. The van der Waals surface area contributed by atoms with Crippen LogP contribution in [0.1, 0.15) is 34.6 Å². The first kappa shape index (κ1) is 11.1. The van der Waals surface area contributed by atoms with Crippen LogP contribution in [0.5, 0.6) is 0 Å². The van der Waals surface area contributed by atoms with E-state index in [1.165, 1.54) is 16.7 Å². The zero-order valence-corrected chi connectivity index (χ0v) is 9.34. The summed E-state index contributed by atoms with van der Waals surface area (Å²) >= 11 is 0. The number of rotatable bonds is 0. The van der Waals surface area contributed by atoms with Gasteiger partial charge in [-0.05, 0) is 0 Å². The Morgan fingerprint density at radius 2 is 1.55 bits per heavy atom. The molecule has 0 aromatic rings. The summed E-state index contributed by atoms with van der Waals surface area (Å²) in [4.78, 5) is 0. The molecule has 0 saturated carbocycles. The number of allylic oxidation sites excluding steroid dienone is 4. The van der Waals surface area contributed by atoms with E-state index in [2.05, 4.69) is 40.7 Å². The van der Waals surface area contributed by atoms with Crippen LogP contribution in [0, 0.1) is 11.5 Å². The number of hydrogen-bond donors (Lipinski definition) is 0. The second-order valence-electron chi connectivity index (χ2n) is 3.62. The first-order valence-electron chi connectivity index (χ1n) is 3.75. The third-order valence-electron chi connectivity index (χ3n) is 2.56. The van der Waals surface area contributed by atoms with Gasteiger partial charge in [0.25, 0.3) is 0 Å². The summed E-state index contributed by atoms with van der Waals surface area (Å²) in [6, 6.07) is 0. The summed E-state index contributed by atoms with van der Waals surface area (Å²) in [5, 5.41) is 0. The normalized spacial score (nSPS) is 21.4. The van der Waals surface area contributed by atoms with Crippen LogP contribution in [-0.2, 0) is 18.6 Å². The van der Waals surface area contributed by atoms with Crippen LogP contribution >= 0.6 is 0 Å². The quantitative estimate of drug-likeness (QED) is 0.510. The van der Waals surface area contributed by atoms with E-state index in [1.807, 2.05) is 0 Å². The Labute approximate surface area is 81.6 Å². The molecule has 0 fully saturated rings. The predicted molar refractivity (Wildman–Crippen MR) is 44.6 cm³/mol. The molecule has 0 nitrogen and oxygen atoms in total. The van der Waals surface area contributed by atoms with Gasteiger partial charge in [-0.25, -0.2) is 5.57 Å². The molecule has 1 aliphatic carbocycles. The smallest absolute Gasteiger partial charge is 0.263 e. The molecule has 0 saturated heterocycles. The molecule has 11 heavy (non-hydrogen) atoms.